The van der Waals surface area contributed by atoms with Crippen LogP contribution in [-0.4, -0.2) is 15.8 Å². The minimum atomic E-state index is -4.52. The molecule has 3 aromatic carbocycles. The summed E-state index contributed by atoms with van der Waals surface area (Å²) in [5.41, 5.74) is 1.76. The monoisotopic (exact) mass is 442 g/mol. The molecular weight excluding hydrogens is 425 g/mol. The first-order valence-corrected chi connectivity index (χ1v) is 9.94. The highest BCUT2D eigenvalue weighted by atomic mass is 35.5. The Morgan fingerprint density at radius 1 is 0.903 bits per heavy atom. The molecular formula is C24H18ClF3N2O. The van der Waals surface area contributed by atoms with E-state index in [4.69, 9.17) is 11.6 Å². The highest BCUT2D eigenvalue weighted by Crippen LogP contribution is 2.30. The Hall–Kier alpha value is -3.25. The van der Waals surface area contributed by atoms with Gasteiger partial charge in [-0.3, -0.25) is 4.79 Å². The second-order valence-electron chi connectivity index (χ2n) is 7.27. The molecule has 0 atom stereocenters. The lowest BCUT2D eigenvalue weighted by atomic mass is 10.1. The summed E-state index contributed by atoms with van der Waals surface area (Å²) in [5.74, 6) is -0.479. The summed E-state index contributed by atoms with van der Waals surface area (Å²) in [7, 11) is 0. The Morgan fingerprint density at radius 2 is 1.61 bits per heavy atom. The number of aromatic nitrogens is 1. The SMILES string of the molecule is O=C(c1cccc(C(F)(F)F)c1)N(Cc1ccc(Cl)cc1)Cc1ccc2cc[nH]c2c1. The molecule has 0 unspecified atom stereocenters. The summed E-state index contributed by atoms with van der Waals surface area (Å²) in [6, 6.07) is 19.3. The number of rotatable bonds is 5. The first kappa shape index (κ1) is 21.0. The summed E-state index contributed by atoms with van der Waals surface area (Å²) >= 11 is 5.95. The standard InChI is InChI=1S/C24H18ClF3N2O/c25-21-8-5-16(6-9-21)14-30(15-17-4-7-18-10-11-29-22(18)12-17)23(31)19-2-1-3-20(13-19)24(26,27)28/h1-13,29H,14-15H2. The molecule has 0 radical (unpaired) electrons. The van der Waals surface area contributed by atoms with Crippen molar-refractivity contribution in [2.45, 2.75) is 19.3 Å². The van der Waals surface area contributed by atoms with Gasteiger partial charge in [-0.25, -0.2) is 0 Å². The number of hydrogen-bond acceptors (Lipinski definition) is 1. The molecule has 0 fully saturated rings. The summed E-state index contributed by atoms with van der Waals surface area (Å²) < 4.78 is 39.4. The number of benzene rings is 3. The van der Waals surface area contributed by atoms with Gasteiger partial charge in [-0.2, -0.15) is 13.2 Å². The third-order valence-corrected chi connectivity index (χ3v) is 5.26. The lowest BCUT2D eigenvalue weighted by molar-refractivity contribution is -0.137. The molecule has 0 aliphatic carbocycles. The number of halogens is 4. The van der Waals surface area contributed by atoms with E-state index in [9.17, 15) is 18.0 Å². The molecule has 0 aliphatic heterocycles. The van der Waals surface area contributed by atoms with Crippen molar-refractivity contribution in [2.75, 3.05) is 0 Å². The van der Waals surface area contributed by atoms with Gasteiger partial charge in [0.1, 0.15) is 0 Å². The number of H-pyrrole nitrogens is 1. The molecule has 31 heavy (non-hydrogen) atoms. The lowest BCUT2D eigenvalue weighted by Crippen LogP contribution is -2.30. The molecule has 1 heterocycles. The zero-order chi connectivity index (χ0) is 22.0. The molecule has 0 saturated carbocycles. The predicted octanol–water partition coefficient (Wildman–Crippen LogP) is 6.68. The Bertz CT molecular complexity index is 1220. The fourth-order valence-electron chi connectivity index (χ4n) is 3.43. The number of nitrogens with one attached hydrogen (secondary N) is 1. The number of carbonyl (C=O) groups is 1. The van der Waals surface area contributed by atoms with Crippen LogP contribution in [0.1, 0.15) is 27.0 Å². The van der Waals surface area contributed by atoms with Crippen LogP contribution in [0.3, 0.4) is 0 Å². The van der Waals surface area contributed by atoms with Gasteiger partial charge in [0.15, 0.2) is 0 Å². The van der Waals surface area contributed by atoms with Crippen LogP contribution in [0.5, 0.6) is 0 Å². The van der Waals surface area contributed by atoms with Crippen LogP contribution in [0, 0.1) is 0 Å². The summed E-state index contributed by atoms with van der Waals surface area (Å²) in [6.07, 6.45) is -2.69. The van der Waals surface area contributed by atoms with Crippen molar-refractivity contribution in [3.8, 4) is 0 Å². The molecule has 0 aliphatic rings. The molecule has 3 nitrogen and oxygen atoms in total. The molecule has 4 rings (SSSR count). The van der Waals surface area contributed by atoms with E-state index in [1.54, 1.807) is 24.3 Å². The van der Waals surface area contributed by atoms with Gasteiger partial charge in [-0.05, 0) is 59.0 Å². The number of amides is 1. The normalized spacial score (nSPS) is 11.6. The third kappa shape index (κ3) is 4.91. The number of nitrogens with zero attached hydrogens (tertiary/aromatic N) is 1. The first-order chi connectivity index (χ1) is 14.8. The number of hydrogen-bond donors (Lipinski definition) is 1. The van der Waals surface area contributed by atoms with Crippen molar-refractivity contribution in [1.29, 1.82) is 0 Å². The Kier molecular flexibility index (Phi) is 5.74. The second-order valence-corrected chi connectivity index (χ2v) is 7.70. The van der Waals surface area contributed by atoms with E-state index in [1.165, 1.54) is 17.0 Å². The topological polar surface area (TPSA) is 36.1 Å². The van der Waals surface area contributed by atoms with Gasteiger partial charge in [0, 0.05) is 35.4 Å². The minimum Gasteiger partial charge on any atom is -0.361 e. The van der Waals surface area contributed by atoms with Crippen molar-refractivity contribution in [1.82, 2.24) is 9.88 Å². The smallest absolute Gasteiger partial charge is 0.361 e. The molecule has 0 saturated heterocycles. The molecule has 1 aromatic heterocycles. The first-order valence-electron chi connectivity index (χ1n) is 9.56. The fourth-order valence-corrected chi connectivity index (χ4v) is 3.56. The number of alkyl halides is 3. The Balaban J connectivity index is 1.66. The Morgan fingerprint density at radius 3 is 2.35 bits per heavy atom. The maximum absolute atomic E-state index is 13.2. The van der Waals surface area contributed by atoms with Crippen molar-refractivity contribution in [3.63, 3.8) is 0 Å². The van der Waals surface area contributed by atoms with Crippen LogP contribution in [0.25, 0.3) is 10.9 Å². The molecule has 7 heteroatoms. The second kappa shape index (κ2) is 8.47. The minimum absolute atomic E-state index is 0.00950. The van der Waals surface area contributed by atoms with E-state index in [0.717, 1.165) is 34.2 Å². The summed E-state index contributed by atoms with van der Waals surface area (Å²) in [5, 5.41) is 1.61. The van der Waals surface area contributed by atoms with Gasteiger partial charge in [-0.15, -0.1) is 0 Å². The number of carbonyl (C=O) groups excluding carboxylic acids is 1. The molecule has 158 valence electrons. The van der Waals surface area contributed by atoms with Gasteiger partial charge in [-0.1, -0.05) is 41.9 Å². The maximum atomic E-state index is 13.2. The van der Waals surface area contributed by atoms with Crippen molar-refractivity contribution in [3.05, 3.63) is 106 Å². The third-order valence-electron chi connectivity index (χ3n) is 5.00. The van der Waals surface area contributed by atoms with Crippen LogP contribution >= 0.6 is 11.6 Å². The van der Waals surface area contributed by atoms with Gasteiger partial charge >= 0.3 is 6.18 Å². The highest BCUT2D eigenvalue weighted by Gasteiger charge is 2.31. The van der Waals surface area contributed by atoms with Crippen molar-refractivity contribution < 1.29 is 18.0 Å². The van der Waals surface area contributed by atoms with E-state index < -0.39 is 17.6 Å². The van der Waals surface area contributed by atoms with Crippen molar-refractivity contribution in [2.24, 2.45) is 0 Å². The van der Waals surface area contributed by atoms with E-state index in [-0.39, 0.29) is 18.7 Å². The average Bonchev–Trinajstić information content (AvgIpc) is 3.22. The quantitative estimate of drug-likeness (QED) is 0.367. The van der Waals surface area contributed by atoms with Gasteiger partial charge < -0.3 is 9.88 Å². The molecule has 0 bridgehead atoms. The van der Waals surface area contributed by atoms with E-state index >= 15 is 0 Å². The van der Waals surface area contributed by atoms with Crippen LogP contribution in [0.15, 0.2) is 79.0 Å². The molecule has 4 aromatic rings. The van der Waals surface area contributed by atoms with Gasteiger partial charge in [0.05, 0.1) is 5.56 Å². The zero-order valence-electron chi connectivity index (χ0n) is 16.3. The molecule has 1 amide bonds. The Labute approximate surface area is 182 Å². The summed E-state index contributed by atoms with van der Waals surface area (Å²) in [6.45, 7) is 0.474. The molecule has 0 spiro atoms. The number of aromatic amines is 1. The zero-order valence-corrected chi connectivity index (χ0v) is 17.0. The van der Waals surface area contributed by atoms with E-state index in [1.807, 2.05) is 30.5 Å². The number of fused-ring (bicyclic) bond motifs is 1. The van der Waals surface area contributed by atoms with Crippen LogP contribution in [0.2, 0.25) is 5.02 Å². The van der Waals surface area contributed by atoms with Crippen molar-refractivity contribution >= 4 is 28.4 Å². The van der Waals surface area contributed by atoms with E-state index in [0.29, 0.717) is 5.02 Å². The summed E-state index contributed by atoms with van der Waals surface area (Å²) in [4.78, 5) is 17.9. The van der Waals surface area contributed by atoms with Gasteiger partial charge in [0.2, 0.25) is 0 Å². The maximum Gasteiger partial charge on any atom is 0.416 e. The van der Waals surface area contributed by atoms with Crippen LogP contribution in [0.4, 0.5) is 13.2 Å². The van der Waals surface area contributed by atoms with E-state index in [2.05, 4.69) is 4.98 Å². The largest absolute Gasteiger partial charge is 0.416 e. The average molecular weight is 443 g/mol. The van der Waals surface area contributed by atoms with Gasteiger partial charge in [0.25, 0.3) is 5.91 Å². The highest BCUT2D eigenvalue weighted by molar-refractivity contribution is 6.30. The van der Waals surface area contributed by atoms with Crippen LogP contribution < -0.4 is 0 Å². The molecule has 1 N–H and O–H groups in total. The van der Waals surface area contributed by atoms with Crippen LogP contribution in [-0.2, 0) is 19.3 Å². The fraction of sp³-hybridized carbons (Fsp3) is 0.125. The predicted molar refractivity (Wildman–Crippen MR) is 115 cm³/mol. The lowest BCUT2D eigenvalue weighted by Gasteiger charge is -2.24.